The summed E-state index contributed by atoms with van der Waals surface area (Å²) < 4.78 is 4.76. The van der Waals surface area contributed by atoms with E-state index in [1.165, 1.54) is 7.11 Å². The summed E-state index contributed by atoms with van der Waals surface area (Å²) in [6, 6.07) is 7.70. The smallest absolute Gasteiger partial charge is 0.308 e. The normalized spacial score (nSPS) is 22.1. The van der Waals surface area contributed by atoms with Crippen molar-refractivity contribution in [1.29, 1.82) is 0 Å². The fourth-order valence-corrected chi connectivity index (χ4v) is 2.61. The number of methoxy groups -OCH3 is 1. The van der Waals surface area contributed by atoms with Crippen LogP contribution in [0.4, 0.5) is 0 Å². The van der Waals surface area contributed by atoms with Gasteiger partial charge in [-0.25, -0.2) is 0 Å². The van der Waals surface area contributed by atoms with E-state index in [2.05, 4.69) is 5.32 Å². The van der Waals surface area contributed by atoms with E-state index in [-0.39, 0.29) is 23.8 Å². The van der Waals surface area contributed by atoms with Crippen molar-refractivity contribution in [2.24, 2.45) is 5.92 Å². The fourth-order valence-electron chi connectivity index (χ4n) is 2.61. The lowest BCUT2D eigenvalue weighted by atomic mass is 9.86. The quantitative estimate of drug-likeness (QED) is 0.862. The zero-order chi connectivity index (χ0) is 14.5. The monoisotopic (exact) mass is 275 g/mol. The molecule has 1 aromatic rings. The average molecular weight is 275 g/mol. The van der Waals surface area contributed by atoms with E-state index >= 15 is 0 Å². The van der Waals surface area contributed by atoms with Crippen LogP contribution >= 0.6 is 0 Å². The minimum Gasteiger partial charge on any atom is -0.469 e. The number of carbonyl (C=O) groups excluding carboxylic acids is 2. The molecule has 1 aromatic carbocycles. The van der Waals surface area contributed by atoms with Gasteiger partial charge in [0.15, 0.2) is 0 Å². The molecule has 2 rings (SSSR count). The summed E-state index contributed by atoms with van der Waals surface area (Å²) >= 11 is 0. The first-order chi connectivity index (χ1) is 9.60. The third kappa shape index (κ3) is 3.59. The van der Waals surface area contributed by atoms with Crippen molar-refractivity contribution in [2.75, 3.05) is 7.11 Å². The molecule has 0 spiro atoms. The molecule has 1 aliphatic rings. The molecule has 0 atom stereocenters. The molecule has 0 heterocycles. The standard InChI is InChI=1S/C16H21NO3/c1-11-3-5-12(6-4-11)15(18)17-14-9-7-13(8-10-14)16(19)20-2/h3-6,13-14H,7-10H2,1-2H3,(H,17,18). The predicted octanol–water partition coefficient (Wildman–Crippen LogP) is 2.46. The Labute approximate surface area is 119 Å². The second kappa shape index (κ2) is 6.55. The van der Waals surface area contributed by atoms with Crippen LogP contribution in [0.25, 0.3) is 0 Å². The summed E-state index contributed by atoms with van der Waals surface area (Å²) in [6.45, 7) is 2.00. The van der Waals surface area contributed by atoms with Crippen LogP contribution in [-0.2, 0) is 9.53 Å². The Balaban J connectivity index is 1.85. The van der Waals surface area contributed by atoms with Gasteiger partial charge in [-0.15, -0.1) is 0 Å². The number of rotatable bonds is 3. The fraction of sp³-hybridized carbons (Fsp3) is 0.500. The Morgan fingerprint density at radius 2 is 1.70 bits per heavy atom. The number of amides is 1. The molecule has 0 saturated heterocycles. The van der Waals surface area contributed by atoms with Crippen LogP contribution in [0.15, 0.2) is 24.3 Å². The Morgan fingerprint density at radius 1 is 1.10 bits per heavy atom. The third-order valence-electron chi connectivity index (χ3n) is 3.91. The van der Waals surface area contributed by atoms with E-state index in [1.54, 1.807) is 0 Å². The third-order valence-corrected chi connectivity index (χ3v) is 3.91. The van der Waals surface area contributed by atoms with Gasteiger partial charge in [-0.3, -0.25) is 9.59 Å². The molecule has 108 valence electrons. The van der Waals surface area contributed by atoms with Gasteiger partial charge >= 0.3 is 5.97 Å². The SMILES string of the molecule is COC(=O)C1CCC(NC(=O)c2ccc(C)cc2)CC1. The molecule has 0 radical (unpaired) electrons. The maximum Gasteiger partial charge on any atom is 0.308 e. The summed E-state index contributed by atoms with van der Waals surface area (Å²) in [5.41, 5.74) is 1.82. The lowest BCUT2D eigenvalue weighted by Gasteiger charge is -2.27. The van der Waals surface area contributed by atoms with Crippen molar-refractivity contribution in [1.82, 2.24) is 5.32 Å². The first-order valence-electron chi connectivity index (χ1n) is 7.05. The van der Waals surface area contributed by atoms with Gasteiger partial charge in [0.1, 0.15) is 0 Å². The zero-order valence-electron chi connectivity index (χ0n) is 12.0. The summed E-state index contributed by atoms with van der Waals surface area (Å²) in [7, 11) is 1.42. The summed E-state index contributed by atoms with van der Waals surface area (Å²) in [4.78, 5) is 23.5. The van der Waals surface area contributed by atoms with Gasteiger partial charge in [-0.05, 0) is 44.7 Å². The summed E-state index contributed by atoms with van der Waals surface area (Å²) in [6.07, 6.45) is 3.23. The van der Waals surface area contributed by atoms with Gasteiger partial charge in [0, 0.05) is 11.6 Å². The van der Waals surface area contributed by atoms with E-state index in [1.807, 2.05) is 31.2 Å². The molecule has 0 unspecified atom stereocenters. The molecular weight excluding hydrogens is 254 g/mol. The van der Waals surface area contributed by atoms with Crippen LogP contribution in [0.2, 0.25) is 0 Å². The van der Waals surface area contributed by atoms with Gasteiger partial charge in [0.05, 0.1) is 13.0 Å². The predicted molar refractivity (Wildman–Crippen MR) is 76.4 cm³/mol. The molecular formula is C16H21NO3. The van der Waals surface area contributed by atoms with Gasteiger partial charge < -0.3 is 10.1 Å². The van der Waals surface area contributed by atoms with E-state index in [9.17, 15) is 9.59 Å². The Bertz CT molecular complexity index is 473. The highest BCUT2D eigenvalue weighted by Crippen LogP contribution is 2.25. The van der Waals surface area contributed by atoms with Gasteiger partial charge in [0.25, 0.3) is 5.91 Å². The first-order valence-corrected chi connectivity index (χ1v) is 7.05. The maximum atomic E-state index is 12.1. The van der Waals surface area contributed by atoms with Crippen molar-refractivity contribution in [3.05, 3.63) is 35.4 Å². The number of carbonyl (C=O) groups is 2. The molecule has 1 amide bonds. The Morgan fingerprint density at radius 3 is 2.25 bits per heavy atom. The van der Waals surface area contributed by atoms with E-state index in [0.29, 0.717) is 5.56 Å². The molecule has 1 fully saturated rings. The lowest BCUT2D eigenvalue weighted by Crippen LogP contribution is -2.38. The largest absolute Gasteiger partial charge is 0.469 e. The van der Waals surface area contributed by atoms with Crippen LogP contribution in [-0.4, -0.2) is 25.0 Å². The van der Waals surface area contributed by atoms with E-state index in [4.69, 9.17) is 4.74 Å². The minimum absolute atomic E-state index is 0.00692. The van der Waals surface area contributed by atoms with Crippen LogP contribution in [0.1, 0.15) is 41.6 Å². The number of benzene rings is 1. The Hall–Kier alpha value is -1.84. The number of hydrogen-bond donors (Lipinski definition) is 1. The number of esters is 1. The average Bonchev–Trinajstić information content (AvgIpc) is 2.48. The lowest BCUT2D eigenvalue weighted by molar-refractivity contribution is -0.146. The molecule has 20 heavy (non-hydrogen) atoms. The topological polar surface area (TPSA) is 55.4 Å². The summed E-state index contributed by atoms with van der Waals surface area (Å²) in [5.74, 6) is -0.174. The minimum atomic E-state index is -0.131. The molecule has 1 aliphatic carbocycles. The van der Waals surface area contributed by atoms with E-state index < -0.39 is 0 Å². The van der Waals surface area contributed by atoms with Gasteiger partial charge in [-0.1, -0.05) is 17.7 Å². The number of nitrogens with one attached hydrogen (secondary N) is 1. The van der Waals surface area contributed by atoms with Crippen molar-refractivity contribution in [2.45, 2.75) is 38.6 Å². The van der Waals surface area contributed by atoms with Crippen molar-refractivity contribution in [3.63, 3.8) is 0 Å². The number of aryl methyl sites for hydroxylation is 1. The first kappa shape index (κ1) is 14.6. The van der Waals surface area contributed by atoms with Crippen LogP contribution in [0.3, 0.4) is 0 Å². The molecule has 1 saturated carbocycles. The van der Waals surface area contributed by atoms with Crippen LogP contribution < -0.4 is 5.32 Å². The second-order valence-corrected chi connectivity index (χ2v) is 5.41. The van der Waals surface area contributed by atoms with Gasteiger partial charge in [-0.2, -0.15) is 0 Å². The highest BCUT2D eigenvalue weighted by atomic mass is 16.5. The second-order valence-electron chi connectivity index (χ2n) is 5.41. The van der Waals surface area contributed by atoms with Crippen molar-refractivity contribution >= 4 is 11.9 Å². The van der Waals surface area contributed by atoms with Crippen molar-refractivity contribution in [3.8, 4) is 0 Å². The summed E-state index contributed by atoms with van der Waals surface area (Å²) in [5, 5.41) is 3.04. The molecule has 4 heteroatoms. The van der Waals surface area contributed by atoms with Crippen molar-refractivity contribution < 1.29 is 14.3 Å². The number of ether oxygens (including phenoxy) is 1. The maximum absolute atomic E-state index is 12.1. The molecule has 0 bridgehead atoms. The zero-order valence-corrected chi connectivity index (χ0v) is 12.0. The highest BCUT2D eigenvalue weighted by Gasteiger charge is 2.27. The molecule has 0 aromatic heterocycles. The molecule has 1 N–H and O–H groups in total. The Kier molecular flexibility index (Phi) is 4.77. The van der Waals surface area contributed by atoms with E-state index in [0.717, 1.165) is 31.2 Å². The molecule has 0 aliphatic heterocycles. The van der Waals surface area contributed by atoms with Crippen LogP contribution in [0.5, 0.6) is 0 Å². The molecule has 4 nitrogen and oxygen atoms in total. The highest BCUT2D eigenvalue weighted by molar-refractivity contribution is 5.94. The van der Waals surface area contributed by atoms with Gasteiger partial charge in [0.2, 0.25) is 0 Å². The van der Waals surface area contributed by atoms with Crippen LogP contribution in [0, 0.1) is 12.8 Å². The number of hydrogen-bond acceptors (Lipinski definition) is 3.